The summed E-state index contributed by atoms with van der Waals surface area (Å²) in [6, 6.07) is 1.50. The van der Waals surface area contributed by atoms with Gasteiger partial charge in [0.25, 0.3) is 5.91 Å². The van der Waals surface area contributed by atoms with Gasteiger partial charge >= 0.3 is 0 Å². The van der Waals surface area contributed by atoms with Crippen molar-refractivity contribution < 1.29 is 18.7 Å². The zero-order valence-electron chi connectivity index (χ0n) is 15.3. The van der Waals surface area contributed by atoms with Crippen LogP contribution in [0.4, 0.5) is 10.3 Å². The van der Waals surface area contributed by atoms with E-state index in [2.05, 4.69) is 31.9 Å². The highest BCUT2D eigenvalue weighted by Crippen LogP contribution is 2.29. The molecule has 8 nitrogen and oxygen atoms in total. The third-order valence-corrected chi connectivity index (χ3v) is 4.04. The topological polar surface area (TPSA) is 119 Å². The van der Waals surface area contributed by atoms with Crippen LogP contribution in [0, 0.1) is 12.8 Å². The summed E-state index contributed by atoms with van der Waals surface area (Å²) in [4.78, 5) is 32.5. The summed E-state index contributed by atoms with van der Waals surface area (Å²) in [7, 11) is 0. The smallest absolute Gasteiger partial charge is 0.270 e. The largest absolute Gasteiger partial charge is 0.447 e. The molecule has 4 N–H and O–H groups in total. The van der Waals surface area contributed by atoms with Crippen molar-refractivity contribution in [3.63, 3.8) is 0 Å². The number of carbonyl (C=O) groups is 2. The second-order valence-electron chi connectivity index (χ2n) is 6.05. The molecule has 1 fully saturated rings. The number of aromatic nitrogens is 2. The second kappa shape index (κ2) is 9.84. The molecule has 0 bridgehead atoms. The first-order valence-electron chi connectivity index (χ1n) is 8.45. The lowest BCUT2D eigenvalue weighted by Gasteiger charge is -2.09. The summed E-state index contributed by atoms with van der Waals surface area (Å²) in [6.45, 7) is 4.27. The summed E-state index contributed by atoms with van der Waals surface area (Å²) in [5.41, 5.74) is 6.59. The Balaban J connectivity index is 2.05. The zero-order valence-corrected chi connectivity index (χ0v) is 16.1. The van der Waals surface area contributed by atoms with E-state index in [1.54, 1.807) is 6.92 Å². The zero-order chi connectivity index (χ0) is 20.7. The minimum atomic E-state index is -1.11. The molecule has 150 valence electrons. The van der Waals surface area contributed by atoms with Crippen molar-refractivity contribution in [2.75, 3.05) is 18.7 Å². The molecule has 2 rings (SSSR count). The molecule has 0 radical (unpaired) electrons. The monoisotopic (exact) mass is 409 g/mol. The predicted octanol–water partition coefficient (Wildman–Crippen LogP) is 2.29. The number of alkyl halides is 1. The van der Waals surface area contributed by atoms with Crippen LogP contribution in [0.25, 0.3) is 0 Å². The molecule has 1 aromatic heterocycles. The Kier molecular flexibility index (Phi) is 7.51. The number of aryl methyl sites for hydroxylation is 1. The summed E-state index contributed by atoms with van der Waals surface area (Å²) in [5.74, 6) is -0.828. The number of halogens is 2. The van der Waals surface area contributed by atoms with Gasteiger partial charge in [-0.15, -0.1) is 0 Å². The predicted molar refractivity (Wildman–Crippen MR) is 103 cm³/mol. The van der Waals surface area contributed by atoms with Gasteiger partial charge in [-0.3, -0.25) is 14.9 Å². The quantitative estimate of drug-likeness (QED) is 0.425. The van der Waals surface area contributed by atoms with E-state index in [0.717, 1.165) is 12.8 Å². The Labute approximate surface area is 166 Å². The van der Waals surface area contributed by atoms with Crippen molar-refractivity contribution in [1.82, 2.24) is 15.3 Å². The fraction of sp³-hybridized carbons (Fsp3) is 0.333. The Morgan fingerprint density at radius 2 is 2.18 bits per heavy atom. The normalized spacial score (nSPS) is 14.8. The molecule has 1 aliphatic rings. The molecule has 0 saturated heterocycles. The van der Waals surface area contributed by atoms with E-state index in [0.29, 0.717) is 11.3 Å². The van der Waals surface area contributed by atoms with Crippen LogP contribution in [-0.2, 0) is 9.53 Å². The highest BCUT2D eigenvalue weighted by atomic mass is 35.5. The highest BCUT2D eigenvalue weighted by molar-refractivity contribution is 6.31. The molecule has 0 atom stereocenters. The minimum absolute atomic E-state index is 0.00621. The van der Waals surface area contributed by atoms with Gasteiger partial charge in [0.1, 0.15) is 10.7 Å². The van der Waals surface area contributed by atoms with Gasteiger partial charge in [-0.25, -0.2) is 14.4 Å². The van der Waals surface area contributed by atoms with E-state index >= 15 is 0 Å². The highest BCUT2D eigenvalue weighted by Gasteiger charge is 2.30. The summed E-state index contributed by atoms with van der Waals surface area (Å²) < 4.78 is 16.6. The number of amides is 2. The van der Waals surface area contributed by atoms with Crippen LogP contribution in [0.3, 0.4) is 0 Å². The molecular formula is C18H21ClFN5O3. The number of allylic oxidation sites excluding steroid dienone is 2. The number of ether oxygens (including phenoxy) is 1. The minimum Gasteiger partial charge on any atom is -0.447 e. The first-order valence-corrected chi connectivity index (χ1v) is 8.83. The van der Waals surface area contributed by atoms with Crippen LogP contribution >= 0.6 is 11.6 Å². The molecule has 1 aliphatic carbocycles. The molecule has 0 aliphatic heterocycles. The van der Waals surface area contributed by atoms with E-state index in [-0.39, 0.29) is 40.9 Å². The van der Waals surface area contributed by atoms with Gasteiger partial charge in [-0.2, -0.15) is 0 Å². The fourth-order valence-corrected chi connectivity index (χ4v) is 2.31. The van der Waals surface area contributed by atoms with Crippen molar-refractivity contribution in [3.05, 3.63) is 52.7 Å². The molecule has 28 heavy (non-hydrogen) atoms. The average molecular weight is 410 g/mol. The fourth-order valence-electron chi connectivity index (χ4n) is 2.12. The SMILES string of the molecule is C=C/C(=C\C(Cl)=C(/N)OCF)CNC(=O)c1cc(C)nc(NC(=O)C2CC2)n1. The Morgan fingerprint density at radius 3 is 2.79 bits per heavy atom. The van der Waals surface area contributed by atoms with Crippen LogP contribution in [0.1, 0.15) is 29.0 Å². The van der Waals surface area contributed by atoms with E-state index in [9.17, 15) is 14.0 Å². The molecule has 1 saturated carbocycles. The first kappa shape index (κ1) is 21.4. The number of nitrogens with two attached hydrogens (primary N) is 1. The molecule has 0 unspecified atom stereocenters. The second-order valence-corrected chi connectivity index (χ2v) is 6.46. The maximum absolute atomic E-state index is 12.4. The van der Waals surface area contributed by atoms with Gasteiger partial charge < -0.3 is 15.8 Å². The number of hydrogen-bond acceptors (Lipinski definition) is 6. The molecule has 1 heterocycles. The summed E-state index contributed by atoms with van der Waals surface area (Å²) in [5, 5.41) is 5.24. The van der Waals surface area contributed by atoms with Crippen molar-refractivity contribution in [2.45, 2.75) is 19.8 Å². The third kappa shape index (κ3) is 6.34. The maximum Gasteiger partial charge on any atom is 0.270 e. The average Bonchev–Trinajstić information content (AvgIpc) is 3.49. The number of carbonyl (C=O) groups excluding carboxylic acids is 2. The molecular weight excluding hydrogens is 389 g/mol. The number of nitrogens with one attached hydrogen (secondary N) is 2. The number of hydrogen-bond donors (Lipinski definition) is 3. The molecule has 0 spiro atoms. The Morgan fingerprint density at radius 1 is 1.46 bits per heavy atom. The van der Waals surface area contributed by atoms with Crippen LogP contribution in [0.15, 0.2) is 41.3 Å². The number of rotatable bonds is 9. The Hall–Kier alpha value is -2.94. The van der Waals surface area contributed by atoms with Gasteiger partial charge in [0, 0.05) is 18.2 Å². The van der Waals surface area contributed by atoms with E-state index in [1.165, 1.54) is 18.2 Å². The molecule has 0 aromatic carbocycles. The third-order valence-electron chi connectivity index (χ3n) is 3.74. The van der Waals surface area contributed by atoms with Crippen molar-refractivity contribution in [1.29, 1.82) is 0 Å². The van der Waals surface area contributed by atoms with Crippen molar-refractivity contribution in [2.24, 2.45) is 11.7 Å². The van der Waals surface area contributed by atoms with Gasteiger partial charge in [0.05, 0.1) is 0 Å². The van der Waals surface area contributed by atoms with Crippen LogP contribution in [0.5, 0.6) is 0 Å². The lowest BCUT2D eigenvalue weighted by Crippen LogP contribution is -2.27. The van der Waals surface area contributed by atoms with Crippen molar-refractivity contribution >= 4 is 29.4 Å². The van der Waals surface area contributed by atoms with Gasteiger partial charge in [0.15, 0.2) is 0 Å². The Bertz CT molecular complexity index is 837. The summed E-state index contributed by atoms with van der Waals surface area (Å²) in [6.07, 6.45) is 4.54. The lowest BCUT2D eigenvalue weighted by atomic mass is 10.2. The van der Waals surface area contributed by atoms with E-state index in [4.69, 9.17) is 17.3 Å². The van der Waals surface area contributed by atoms with Crippen LogP contribution in [-0.4, -0.2) is 35.2 Å². The number of nitrogens with zero attached hydrogens (tertiary/aromatic N) is 2. The maximum atomic E-state index is 12.4. The van der Waals surface area contributed by atoms with Gasteiger partial charge in [0.2, 0.25) is 24.6 Å². The summed E-state index contributed by atoms with van der Waals surface area (Å²) >= 11 is 5.90. The van der Waals surface area contributed by atoms with E-state index in [1.807, 2.05) is 0 Å². The van der Waals surface area contributed by atoms with Gasteiger partial charge in [-0.05, 0) is 37.5 Å². The standard InChI is InChI=1S/C18H21ClFN5O3/c1-3-11(7-13(19)15(21)28-9-20)8-22-17(27)14-6-10(2)23-18(24-14)25-16(26)12-4-5-12/h3,6-7,12H,1,4-5,8-9,21H2,2H3,(H,22,27)(H,23,24,25,26)/b11-7+,15-13-. The van der Waals surface area contributed by atoms with E-state index < -0.39 is 12.8 Å². The number of anilines is 1. The first-order chi connectivity index (χ1) is 13.3. The molecule has 1 aromatic rings. The molecule has 2 amide bonds. The van der Waals surface area contributed by atoms with Crippen LogP contribution in [0.2, 0.25) is 0 Å². The van der Waals surface area contributed by atoms with Crippen molar-refractivity contribution in [3.8, 4) is 0 Å². The lowest BCUT2D eigenvalue weighted by molar-refractivity contribution is -0.117. The van der Waals surface area contributed by atoms with Crippen LogP contribution < -0.4 is 16.4 Å². The van der Waals surface area contributed by atoms with Gasteiger partial charge in [-0.1, -0.05) is 24.3 Å². The molecule has 10 heteroatoms.